The number of anilines is 1. The van der Waals surface area contributed by atoms with Crippen LogP contribution in [0.5, 0.6) is 5.75 Å². The van der Waals surface area contributed by atoms with Crippen molar-refractivity contribution in [2.75, 3.05) is 25.5 Å². The normalized spacial score (nSPS) is 14.8. The molecule has 1 aliphatic heterocycles. The van der Waals surface area contributed by atoms with Gasteiger partial charge in [-0.05, 0) is 61.2 Å². The van der Waals surface area contributed by atoms with Gasteiger partial charge in [0.2, 0.25) is 10.0 Å². The van der Waals surface area contributed by atoms with E-state index in [-0.39, 0.29) is 10.8 Å². The molecule has 1 atom stereocenters. The summed E-state index contributed by atoms with van der Waals surface area (Å²) < 4.78 is 31.9. The molecule has 0 saturated heterocycles. The lowest BCUT2D eigenvalue weighted by Crippen LogP contribution is -2.41. The Labute approximate surface area is 166 Å². The molecule has 0 bridgehead atoms. The van der Waals surface area contributed by atoms with Crippen molar-refractivity contribution in [3.8, 4) is 5.75 Å². The van der Waals surface area contributed by atoms with Crippen molar-refractivity contribution in [3.63, 3.8) is 0 Å². The topological polar surface area (TPSA) is 66.9 Å². The smallest absolute Gasteiger partial charge is 0.268 e. The molecule has 0 aromatic heterocycles. The van der Waals surface area contributed by atoms with Gasteiger partial charge in [-0.1, -0.05) is 19.1 Å². The Kier molecular flexibility index (Phi) is 5.76. The second-order valence-corrected chi connectivity index (χ2v) is 9.30. The average molecular weight is 403 g/mol. The van der Waals surface area contributed by atoms with E-state index in [0.29, 0.717) is 25.1 Å². The molecule has 0 N–H and O–H groups in total. The molecule has 0 fully saturated rings. The predicted octanol–water partition coefficient (Wildman–Crippen LogP) is 2.99. The zero-order valence-corrected chi connectivity index (χ0v) is 17.5. The Hall–Kier alpha value is -2.38. The monoisotopic (exact) mass is 402 g/mol. The number of sulfonamides is 1. The van der Waals surface area contributed by atoms with Crippen LogP contribution in [-0.2, 0) is 21.2 Å². The van der Waals surface area contributed by atoms with Crippen LogP contribution in [0, 0.1) is 6.92 Å². The number of nitrogens with zero attached hydrogens (tertiary/aromatic N) is 2. The average Bonchev–Trinajstić information content (AvgIpc) is 3.08. The van der Waals surface area contributed by atoms with Gasteiger partial charge < -0.3 is 9.64 Å². The van der Waals surface area contributed by atoms with Gasteiger partial charge in [-0.2, -0.15) is 0 Å². The van der Waals surface area contributed by atoms with Gasteiger partial charge in [0.15, 0.2) is 6.10 Å². The van der Waals surface area contributed by atoms with Crippen molar-refractivity contribution < 1.29 is 17.9 Å². The quantitative estimate of drug-likeness (QED) is 0.745. The van der Waals surface area contributed by atoms with E-state index in [4.69, 9.17) is 4.74 Å². The zero-order chi connectivity index (χ0) is 20.5. The fraction of sp³-hybridized carbons (Fsp3) is 0.381. The highest BCUT2D eigenvalue weighted by Crippen LogP contribution is 2.32. The first-order valence-corrected chi connectivity index (χ1v) is 10.8. The van der Waals surface area contributed by atoms with Crippen LogP contribution in [0.15, 0.2) is 47.4 Å². The molecule has 1 heterocycles. The predicted molar refractivity (Wildman–Crippen MR) is 109 cm³/mol. The number of rotatable bonds is 6. The molecule has 0 spiro atoms. The summed E-state index contributed by atoms with van der Waals surface area (Å²) in [6, 6.07) is 12.6. The molecule has 7 heteroatoms. The summed E-state index contributed by atoms with van der Waals surface area (Å²) in [6.45, 7) is 4.42. The Bertz CT molecular complexity index is 986. The van der Waals surface area contributed by atoms with E-state index in [2.05, 4.69) is 0 Å². The van der Waals surface area contributed by atoms with Gasteiger partial charge in [0.25, 0.3) is 5.91 Å². The van der Waals surface area contributed by atoms with Crippen LogP contribution < -0.4 is 9.64 Å². The molecule has 150 valence electrons. The molecule has 0 radical (unpaired) electrons. The fourth-order valence-electron chi connectivity index (χ4n) is 3.31. The van der Waals surface area contributed by atoms with Crippen LogP contribution in [0.4, 0.5) is 5.69 Å². The summed E-state index contributed by atoms with van der Waals surface area (Å²) in [7, 11) is -0.483. The third kappa shape index (κ3) is 3.91. The number of carbonyl (C=O) groups is 1. The first kappa shape index (κ1) is 20.4. The fourth-order valence-corrected chi connectivity index (χ4v) is 4.27. The highest BCUT2D eigenvalue weighted by molar-refractivity contribution is 7.89. The number of fused-ring (bicyclic) bond motifs is 1. The highest BCUT2D eigenvalue weighted by Gasteiger charge is 2.32. The third-order valence-electron chi connectivity index (χ3n) is 4.91. The van der Waals surface area contributed by atoms with Crippen LogP contribution in [0.3, 0.4) is 0 Å². The van der Waals surface area contributed by atoms with Gasteiger partial charge in [0, 0.05) is 26.3 Å². The summed E-state index contributed by atoms with van der Waals surface area (Å²) in [5.41, 5.74) is 2.69. The minimum absolute atomic E-state index is 0.106. The van der Waals surface area contributed by atoms with Crippen molar-refractivity contribution in [1.82, 2.24) is 4.31 Å². The van der Waals surface area contributed by atoms with Gasteiger partial charge in [0.1, 0.15) is 5.75 Å². The van der Waals surface area contributed by atoms with Gasteiger partial charge in [-0.25, -0.2) is 12.7 Å². The van der Waals surface area contributed by atoms with Crippen LogP contribution >= 0.6 is 0 Å². The Morgan fingerprint density at radius 3 is 2.61 bits per heavy atom. The summed E-state index contributed by atoms with van der Waals surface area (Å²) in [6.07, 6.45) is 0.586. The van der Waals surface area contributed by atoms with Gasteiger partial charge in [0.05, 0.1) is 4.90 Å². The van der Waals surface area contributed by atoms with Crippen LogP contribution in [-0.4, -0.2) is 45.4 Å². The van der Waals surface area contributed by atoms with Crippen LogP contribution in [0.2, 0.25) is 0 Å². The molecule has 0 aliphatic carbocycles. The number of amides is 1. The summed E-state index contributed by atoms with van der Waals surface area (Å²) in [4.78, 5) is 15.0. The van der Waals surface area contributed by atoms with E-state index in [1.54, 1.807) is 23.1 Å². The number of ether oxygens (including phenoxy) is 1. The molecule has 1 aliphatic rings. The Balaban J connectivity index is 1.83. The second kappa shape index (κ2) is 7.93. The molecule has 0 unspecified atom stereocenters. The van der Waals surface area contributed by atoms with Gasteiger partial charge in [-0.3, -0.25) is 4.79 Å². The van der Waals surface area contributed by atoms with E-state index in [0.717, 1.165) is 16.8 Å². The van der Waals surface area contributed by atoms with Crippen molar-refractivity contribution in [2.45, 2.75) is 37.7 Å². The van der Waals surface area contributed by atoms with Crippen molar-refractivity contribution >= 4 is 21.6 Å². The van der Waals surface area contributed by atoms with Crippen LogP contribution in [0.1, 0.15) is 24.5 Å². The van der Waals surface area contributed by atoms with Crippen LogP contribution in [0.25, 0.3) is 0 Å². The first-order chi connectivity index (χ1) is 13.2. The largest absolute Gasteiger partial charge is 0.481 e. The first-order valence-electron chi connectivity index (χ1n) is 9.34. The minimum Gasteiger partial charge on any atom is -0.481 e. The Morgan fingerprint density at radius 2 is 1.96 bits per heavy atom. The molecule has 0 saturated carbocycles. The number of carbonyl (C=O) groups excluding carboxylic acids is 1. The highest BCUT2D eigenvalue weighted by atomic mass is 32.2. The summed E-state index contributed by atoms with van der Waals surface area (Å²) in [5.74, 6) is 0.568. The van der Waals surface area contributed by atoms with E-state index in [1.807, 2.05) is 38.1 Å². The maximum atomic E-state index is 13.1. The molecule has 3 rings (SSSR count). The number of aryl methyl sites for hydroxylation is 1. The molecular weight excluding hydrogens is 376 g/mol. The Morgan fingerprint density at radius 1 is 1.21 bits per heavy atom. The molecule has 2 aromatic carbocycles. The van der Waals surface area contributed by atoms with E-state index in [9.17, 15) is 13.2 Å². The summed E-state index contributed by atoms with van der Waals surface area (Å²) >= 11 is 0. The molecule has 1 amide bonds. The minimum atomic E-state index is -3.50. The standard InChI is InChI=1S/C21H26N2O4S/c1-5-20(27-17-8-6-7-15(2)13-17)21(24)23-12-11-16-14-18(9-10-19(16)23)28(25,26)22(3)4/h6-10,13-14,20H,5,11-12H2,1-4H3/t20-/m1/s1. The third-order valence-corrected chi connectivity index (χ3v) is 6.72. The lowest BCUT2D eigenvalue weighted by molar-refractivity contribution is -0.125. The molecule has 28 heavy (non-hydrogen) atoms. The van der Waals surface area contributed by atoms with Gasteiger partial charge in [-0.15, -0.1) is 0 Å². The molecular formula is C21H26N2O4S. The number of hydrogen-bond acceptors (Lipinski definition) is 4. The van der Waals surface area contributed by atoms with E-state index in [1.165, 1.54) is 18.4 Å². The second-order valence-electron chi connectivity index (χ2n) is 7.15. The summed E-state index contributed by atoms with van der Waals surface area (Å²) in [5, 5.41) is 0. The SMILES string of the molecule is CC[C@@H](Oc1cccc(C)c1)C(=O)N1CCc2cc(S(=O)(=O)N(C)C)ccc21. The zero-order valence-electron chi connectivity index (χ0n) is 16.7. The van der Waals surface area contributed by atoms with Crippen molar-refractivity contribution in [2.24, 2.45) is 0 Å². The lowest BCUT2D eigenvalue weighted by Gasteiger charge is -2.24. The van der Waals surface area contributed by atoms with E-state index < -0.39 is 16.1 Å². The number of benzene rings is 2. The number of hydrogen-bond donors (Lipinski definition) is 0. The van der Waals surface area contributed by atoms with Crippen molar-refractivity contribution in [1.29, 1.82) is 0 Å². The van der Waals surface area contributed by atoms with Crippen molar-refractivity contribution in [3.05, 3.63) is 53.6 Å². The maximum absolute atomic E-state index is 13.1. The lowest BCUT2D eigenvalue weighted by atomic mass is 10.1. The molecule has 2 aromatic rings. The maximum Gasteiger partial charge on any atom is 0.268 e. The molecule has 6 nitrogen and oxygen atoms in total. The van der Waals surface area contributed by atoms with Gasteiger partial charge >= 0.3 is 0 Å². The van der Waals surface area contributed by atoms with E-state index >= 15 is 0 Å².